The number of hydrogen-bond acceptors (Lipinski definition) is 4. The van der Waals surface area contributed by atoms with E-state index in [9.17, 15) is 9.59 Å². The number of rotatable bonds is 7. The fourth-order valence-corrected chi connectivity index (χ4v) is 3.82. The molecule has 1 aromatic heterocycles. The first-order valence-corrected chi connectivity index (χ1v) is 10.1. The molecule has 0 unspecified atom stereocenters. The molecule has 5 heteroatoms. The minimum atomic E-state index is -0.340. The zero-order valence-corrected chi connectivity index (χ0v) is 16.8. The van der Waals surface area contributed by atoms with E-state index >= 15 is 0 Å². The number of thiophene rings is 1. The Labute approximate surface area is 169 Å². The smallest absolute Gasteiger partial charge is 0.338 e. The Kier molecular flexibility index (Phi) is 6.61. The molecule has 4 nitrogen and oxygen atoms in total. The number of amides is 1. The molecular weight excluding hydrogens is 370 g/mol. The topological polar surface area (TPSA) is 55.4 Å². The van der Waals surface area contributed by atoms with Gasteiger partial charge in [0.2, 0.25) is 0 Å². The molecule has 2 aromatic carbocycles. The first kappa shape index (κ1) is 19.8. The van der Waals surface area contributed by atoms with Gasteiger partial charge < -0.3 is 10.1 Å². The summed E-state index contributed by atoms with van der Waals surface area (Å²) >= 11 is 1.47. The van der Waals surface area contributed by atoms with E-state index < -0.39 is 0 Å². The molecule has 3 aromatic rings. The van der Waals surface area contributed by atoms with E-state index in [0.717, 1.165) is 28.8 Å². The van der Waals surface area contributed by atoms with Crippen LogP contribution in [0.1, 0.15) is 45.4 Å². The summed E-state index contributed by atoms with van der Waals surface area (Å²) < 4.78 is 5.19. The molecule has 0 saturated heterocycles. The summed E-state index contributed by atoms with van der Waals surface area (Å²) in [7, 11) is 0. The van der Waals surface area contributed by atoms with Crippen molar-refractivity contribution in [1.29, 1.82) is 0 Å². The Morgan fingerprint density at radius 1 is 1.04 bits per heavy atom. The number of unbranched alkanes of at least 4 members (excludes halogenated alkanes) is 1. The molecule has 0 fully saturated rings. The van der Waals surface area contributed by atoms with Gasteiger partial charge in [-0.2, -0.15) is 0 Å². The quantitative estimate of drug-likeness (QED) is 0.400. The van der Waals surface area contributed by atoms with Gasteiger partial charge in [-0.3, -0.25) is 4.79 Å². The van der Waals surface area contributed by atoms with E-state index in [2.05, 4.69) is 5.32 Å². The number of esters is 1. The number of anilines is 1. The SMILES string of the molecule is CCCCOC(=O)c1ccc(NC(=O)c2cc(C)c(-c3ccccc3)s2)cc1. The molecule has 0 aliphatic rings. The average Bonchev–Trinajstić information content (AvgIpc) is 3.11. The second kappa shape index (κ2) is 9.33. The first-order chi connectivity index (χ1) is 13.6. The largest absolute Gasteiger partial charge is 0.462 e. The van der Waals surface area contributed by atoms with Crippen molar-refractivity contribution >= 4 is 28.9 Å². The van der Waals surface area contributed by atoms with Crippen LogP contribution in [0.15, 0.2) is 60.7 Å². The summed E-state index contributed by atoms with van der Waals surface area (Å²) in [5.41, 5.74) is 3.30. The monoisotopic (exact) mass is 393 g/mol. The van der Waals surface area contributed by atoms with Crippen molar-refractivity contribution < 1.29 is 14.3 Å². The molecule has 28 heavy (non-hydrogen) atoms. The van der Waals surface area contributed by atoms with Gasteiger partial charge in [-0.05, 0) is 54.8 Å². The van der Waals surface area contributed by atoms with Gasteiger partial charge in [0.1, 0.15) is 0 Å². The number of carbonyl (C=O) groups is 2. The molecule has 3 rings (SSSR count). The van der Waals surface area contributed by atoms with Crippen LogP contribution in [-0.2, 0) is 4.74 Å². The van der Waals surface area contributed by atoms with Crippen LogP contribution in [0.5, 0.6) is 0 Å². The number of benzene rings is 2. The molecule has 0 radical (unpaired) electrons. The molecule has 0 saturated carbocycles. The normalized spacial score (nSPS) is 10.5. The fourth-order valence-electron chi connectivity index (χ4n) is 2.74. The van der Waals surface area contributed by atoms with Crippen molar-refractivity contribution in [2.45, 2.75) is 26.7 Å². The fraction of sp³-hybridized carbons (Fsp3) is 0.217. The van der Waals surface area contributed by atoms with Gasteiger partial charge in [-0.1, -0.05) is 43.7 Å². The predicted octanol–water partition coefficient (Wildman–Crippen LogP) is 5.93. The summed E-state index contributed by atoms with van der Waals surface area (Å²) in [6.45, 7) is 4.48. The van der Waals surface area contributed by atoms with Gasteiger partial charge >= 0.3 is 5.97 Å². The third-order valence-electron chi connectivity index (χ3n) is 4.29. The molecular formula is C23H23NO3S. The van der Waals surface area contributed by atoms with Gasteiger partial charge in [-0.25, -0.2) is 4.79 Å². The van der Waals surface area contributed by atoms with Crippen LogP contribution in [0.2, 0.25) is 0 Å². The summed E-state index contributed by atoms with van der Waals surface area (Å²) in [6.07, 6.45) is 1.83. The Morgan fingerprint density at radius 3 is 2.43 bits per heavy atom. The highest BCUT2D eigenvalue weighted by atomic mass is 32.1. The van der Waals surface area contributed by atoms with Gasteiger partial charge in [0.05, 0.1) is 17.0 Å². The van der Waals surface area contributed by atoms with Crippen molar-refractivity contribution in [3.8, 4) is 10.4 Å². The highest BCUT2D eigenvalue weighted by Crippen LogP contribution is 2.32. The van der Waals surface area contributed by atoms with Crippen LogP contribution in [0.4, 0.5) is 5.69 Å². The first-order valence-electron chi connectivity index (χ1n) is 9.33. The van der Waals surface area contributed by atoms with Gasteiger partial charge in [0, 0.05) is 10.6 Å². The van der Waals surface area contributed by atoms with Gasteiger partial charge in [0.15, 0.2) is 0 Å². The van der Waals surface area contributed by atoms with Crippen LogP contribution in [0.3, 0.4) is 0 Å². The lowest BCUT2D eigenvalue weighted by atomic mass is 10.1. The number of hydrogen-bond donors (Lipinski definition) is 1. The molecule has 144 valence electrons. The average molecular weight is 394 g/mol. The Hall–Kier alpha value is -2.92. The van der Waals surface area contributed by atoms with Crippen LogP contribution in [0.25, 0.3) is 10.4 Å². The lowest BCUT2D eigenvalue weighted by molar-refractivity contribution is 0.0499. The summed E-state index contributed by atoms with van der Waals surface area (Å²) in [6, 6.07) is 18.7. The minimum absolute atomic E-state index is 0.159. The summed E-state index contributed by atoms with van der Waals surface area (Å²) in [5, 5.41) is 2.89. The molecule has 0 aliphatic carbocycles. The maximum Gasteiger partial charge on any atom is 0.338 e. The molecule has 0 atom stereocenters. The summed E-state index contributed by atoms with van der Waals surface area (Å²) in [5.74, 6) is -0.499. The molecule has 1 amide bonds. The van der Waals surface area contributed by atoms with Crippen molar-refractivity contribution in [2.75, 3.05) is 11.9 Å². The van der Waals surface area contributed by atoms with Crippen LogP contribution >= 0.6 is 11.3 Å². The third-order valence-corrected chi connectivity index (χ3v) is 5.57. The second-order valence-corrected chi connectivity index (χ2v) is 7.56. The molecule has 0 spiro atoms. The van der Waals surface area contributed by atoms with Crippen molar-refractivity contribution in [3.63, 3.8) is 0 Å². The van der Waals surface area contributed by atoms with Crippen LogP contribution in [0, 0.1) is 6.92 Å². The molecule has 0 bridgehead atoms. The maximum atomic E-state index is 12.6. The molecule has 1 heterocycles. The van der Waals surface area contributed by atoms with E-state index in [-0.39, 0.29) is 11.9 Å². The van der Waals surface area contributed by atoms with Crippen LogP contribution in [-0.4, -0.2) is 18.5 Å². The standard InChI is InChI=1S/C23H23NO3S/c1-3-4-14-27-23(26)18-10-12-19(13-11-18)24-22(25)20-15-16(2)21(28-20)17-8-6-5-7-9-17/h5-13,15H,3-4,14H2,1-2H3,(H,24,25). The van der Waals surface area contributed by atoms with Gasteiger partial charge in [0.25, 0.3) is 5.91 Å². The third kappa shape index (κ3) is 4.87. The number of aryl methyl sites for hydroxylation is 1. The van der Waals surface area contributed by atoms with Crippen molar-refractivity contribution in [3.05, 3.63) is 76.7 Å². The van der Waals surface area contributed by atoms with E-state index in [4.69, 9.17) is 4.74 Å². The van der Waals surface area contributed by atoms with E-state index in [0.29, 0.717) is 22.7 Å². The van der Waals surface area contributed by atoms with E-state index in [1.165, 1.54) is 11.3 Å². The lowest BCUT2D eigenvalue weighted by Gasteiger charge is -2.06. The highest BCUT2D eigenvalue weighted by Gasteiger charge is 2.14. The zero-order chi connectivity index (χ0) is 19.9. The Balaban J connectivity index is 1.66. The van der Waals surface area contributed by atoms with Crippen LogP contribution < -0.4 is 5.32 Å². The Morgan fingerprint density at radius 2 is 1.75 bits per heavy atom. The molecule has 0 aliphatic heterocycles. The highest BCUT2D eigenvalue weighted by molar-refractivity contribution is 7.17. The lowest BCUT2D eigenvalue weighted by Crippen LogP contribution is -2.11. The number of carbonyl (C=O) groups excluding carboxylic acids is 2. The number of ether oxygens (including phenoxy) is 1. The minimum Gasteiger partial charge on any atom is -0.462 e. The maximum absolute atomic E-state index is 12.6. The summed E-state index contributed by atoms with van der Waals surface area (Å²) in [4.78, 5) is 26.3. The Bertz CT molecular complexity index is 946. The number of nitrogens with one attached hydrogen (secondary N) is 1. The zero-order valence-electron chi connectivity index (χ0n) is 16.0. The predicted molar refractivity (Wildman–Crippen MR) is 114 cm³/mol. The second-order valence-electron chi connectivity index (χ2n) is 6.51. The van der Waals surface area contributed by atoms with E-state index in [1.54, 1.807) is 24.3 Å². The molecule has 1 N–H and O–H groups in total. The van der Waals surface area contributed by atoms with Crippen molar-refractivity contribution in [2.24, 2.45) is 0 Å². The van der Waals surface area contributed by atoms with Crippen molar-refractivity contribution in [1.82, 2.24) is 0 Å². The van der Waals surface area contributed by atoms with E-state index in [1.807, 2.05) is 50.2 Å². The van der Waals surface area contributed by atoms with Gasteiger partial charge in [-0.15, -0.1) is 11.3 Å².